The number of hydrogen-bond donors (Lipinski definition) is 1. The number of hydrogen-bond acceptors (Lipinski definition) is 3. The van der Waals surface area contributed by atoms with Crippen LogP contribution in [0.3, 0.4) is 0 Å². The van der Waals surface area contributed by atoms with Gasteiger partial charge in [-0.1, -0.05) is 0 Å². The third kappa shape index (κ3) is 4.15. The quantitative estimate of drug-likeness (QED) is 0.877. The van der Waals surface area contributed by atoms with E-state index in [0.29, 0.717) is 13.1 Å². The summed E-state index contributed by atoms with van der Waals surface area (Å²) in [5.41, 5.74) is -0.291. The highest BCUT2D eigenvalue weighted by Crippen LogP contribution is 2.21. The minimum absolute atomic E-state index is 0.0568. The SMILES string of the molecule is CCNc1c(F)cc(C(=O)N(CC)CC(C)C#N)cc1F. The second-order valence-electron chi connectivity index (χ2n) is 4.72. The molecule has 21 heavy (non-hydrogen) atoms. The zero-order valence-electron chi connectivity index (χ0n) is 12.4. The van der Waals surface area contributed by atoms with Gasteiger partial charge in [-0.25, -0.2) is 8.78 Å². The van der Waals surface area contributed by atoms with Crippen LogP contribution < -0.4 is 5.32 Å². The van der Waals surface area contributed by atoms with Crippen molar-refractivity contribution in [2.45, 2.75) is 20.8 Å². The third-order valence-corrected chi connectivity index (χ3v) is 3.03. The van der Waals surface area contributed by atoms with Gasteiger partial charge in [0.1, 0.15) is 17.3 Å². The maximum atomic E-state index is 13.8. The first-order valence-corrected chi connectivity index (χ1v) is 6.86. The van der Waals surface area contributed by atoms with Crippen LogP contribution in [0.25, 0.3) is 0 Å². The van der Waals surface area contributed by atoms with Gasteiger partial charge in [0.25, 0.3) is 5.91 Å². The van der Waals surface area contributed by atoms with Gasteiger partial charge >= 0.3 is 0 Å². The van der Waals surface area contributed by atoms with Crippen molar-refractivity contribution in [3.8, 4) is 6.07 Å². The van der Waals surface area contributed by atoms with Crippen molar-refractivity contribution in [2.75, 3.05) is 25.0 Å². The van der Waals surface area contributed by atoms with Gasteiger partial charge in [0.15, 0.2) is 0 Å². The molecule has 0 radical (unpaired) electrons. The molecule has 1 aromatic carbocycles. The summed E-state index contributed by atoms with van der Waals surface area (Å²) < 4.78 is 27.7. The lowest BCUT2D eigenvalue weighted by Crippen LogP contribution is -2.34. The van der Waals surface area contributed by atoms with E-state index in [1.807, 2.05) is 6.07 Å². The van der Waals surface area contributed by atoms with Crippen molar-refractivity contribution in [3.63, 3.8) is 0 Å². The molecule has 0 spiro atoms. The molecule has 1 amide bonds. The van der Waals surface area contributed by atoms with Gasteiger partial charge in [-0.2, -0.15) is 5.26 Å². The average molecular weight is 295 g/mol. The highest BCUT2D eigenvalue weighted by Gasteiger charge is 2.20. The Bertz CT molecular complexity index is 531. The second kappa shape index (κ2) is 7.58. The van der Waals surface area contributed by atoms with Crippen molar-refractivity contribution in [2.24, 2.45) is 5.92 Å². The normalized spacial score (nSPS) is 11.6. The molecule has 0 bridgehead atoms. The summed E-state index contributed by atoms with van der Waals surface area (Å²) in [6.45, 7) is 6.13. The van der Waals surface area contributed by atoms with E-state index in [-0.39, 0.29) is 23.7 Å². The van der Waals surface area contributed by atoms with Crippen molar-refractivity contribution in [1.29, 1.82) is 5.26 Å². The van der Waals surface area contributed by atoms with Crippen LogP contribution in [-0.4, -0.2) is 30.4 Å². The molecule has 4 nitrogen and oxygen atoms in total. The molecule has 1 rings (SSSR count). The van der Waals surface area contributed by atoms with Gasteiger partial charge < -0.3 is 10.2 Å². The highest BCUT2D eigenvalue weighted by molar-refractivity contribution is 5.94. The molecule has 1 unspecified atom stereocenters. The zero-order valence-corrected chi connectivity index (χ0v) is 12.4. The first-order chi connectivity index (χ1) is 9.94. The van der Waals surface area contributed by atoms with Crippen molar-refractivity contribution in [3.05, 3.63) is 29.3 Å². The van der Waals surface area contributed by atoms with Crippen LogP contribution in [-0.2, 0) is 0 Å². The maximum Gasteiger partial charge on any atom is 0.254 e. The molecular weight excluding hydrogens is 276 g/mol. The van der Waals surface area contributed by atoms with Gasteiger partial charge in [-0.3, -0.25) is 4.79 Å². The summed E-state index contributed by atoms with van der Waals surface area (Å²) in [5.74, 6) is -2.43. The molecule has 0 saturated heterocycles. The van der Waals surface area contributed by atoms with Gasteiger partial charge in [-0.15, -0.1) is 0 Å². The zero-order chi connectivity index (χ0) is 16.0. The number of rotatable bonds is 6. The van der Waals surface area contributed by atoms with Gasteiger partial charge in [-0.05, 0) is 32.9 Å². The minimum atomic E-state index is -0.801. The monoisotopic (exact) mass is 295 g/mol. The van der Waals surface area contributed by atoms with E-state index in [2.05, 4.69) is 5.32 Å². The first kappa shape index (κ1) is 16.9. The van der Waals surface area contributed by atoms with E-state index in [4.69, 9.17) is 5.26 Å². The van der Waals surface area contributed by atoms with Crippen LogP contribution in [0.1, 0.15) is 31.1 Å². The molecule has 6 heteroatoms. The Labute approximate surface area is 123 Å². The second-order valence-corrected chi connectivity index (χ2v) is 4.72. The summed E-state index contributed by atoms with van der Waals surface area (Å²) in [6, 6.07) is 4.07. The number of nitrogens with one attached hydrogen (secondary N) is 1. The van der Waals surface area contributed by atoms with E-state index in [1.165, 1.54) is 4.90 Å². The molecule has 0 aliphatic rings. The summed E-state index contributed by atoms with van der Waals surface area (Å²) in [4.78, 5) is 13.7. The van der Waals surface area contributed by atoms with Crippen LogP contribution in [0.2, 0.25) is 0 Å². The minimum Gasteiger partial charge on any atom is -0.381 e. The Balaban J connectivity index is 3.04. The average Bonchev–Trinajstić information content (AvgIpc) is 2.47. The third-order valence-electron chi connectivity index (χ3n) is 3.03. The molecule has 0 saturated carbocycles. The fourth-order valence-electron chi connectivity index (χ4n) is 1.95. The lowest BCUT2D eigenvalue weighted by atomic mass is 10.1. The Morgan fingerprint density at radius 3 is 2.38 bits per heavy atom. The van der Waals surface area contributed by atoms with Gasteiger partial charge in [0.05, 0.1) is 12.0 Å². The predicted molar refractivity (Wildman–Crippen MR) is 76.9 cm³/mol. The van der Waals surface area contributed by atoms with E-state index < -0.39 is 17.5 Å². The van der Waals surface area contributed by atoms with E-state index in [9.17, 15) is 13.6 Å². The molecule has 0 aromatic heterocycles. The number of halogens is 2. The van der Waals surface area contributed by atoms with E-state index >= 15 is 0 Å². The molecule has 1 aromatic rings. The smallest absolute Gasteiger partial charge is 0.254 e. The number of nitrogens with zero attached hydrogens (tertiary/aromatic N) is 2. The summed E-state index contributed by atoms with van der Waals surface area (Å²) in [6.07, 6.45) is 0. The van der Waals surface area contributed by atoms with Crippen molar-refractivity contribution < 1.29 is 13.6 Å². The lowest BCUT2D eigenvalue weighted by Gasteiger charge is -2.22. The van der Waals surface area contributed by atoms with Crippen molar-refractivity contribution in [1.82, 2.24) is 4.90 Å². The Morgan fingerprint density at radius 1 is 1.38 bits per heavy atom. The number of benzene rings is 1. The Kier molecular flexibility index (Phi) is 6.10. The molecule has 1 atom stereocenters. The number of amides is 1. The van der Waals surface area contributed by atoms with Crippen LogP contribution >= 0.6 is 0 Å². The largest absolute Gasteiger partial charge is 0.381 e. The number of nitriles is 1. The molecule has 0 fully saturated rings. The summed E-state index contributed by atoms with van der Waals surface area (Å²) >= 11 is 0. The van der Waals surface area contributed by atoms with E-state index in [0.717, 1.165) is 12.1 Å². The fraction of sp³-hybridized carbons (Fsp3) is 0.467. The number of anilines is 1. The predicted octanol–water partition coefficient (Wildman–Crippen LogP) is 3.02. The number of carbonyl (C=O) groups excluding carboxylic acids is 1. The van der Waals surface area contributed by atoms with Crippen LogP contribution in [0.5, 0.6) is 0 Å². The van der Waals surface area contributed by atoms with Crippen LogP contribution in [0.4, 0.5) is 14.5 Å². The molecule has 0 heterocycles. The highest BCUT2D eigenvalue weighted by atomic mass is 19.1. The van der Waals surface area contributed by atoms with Crippen LogP contribution in [0, 0.1) is 28.9 Å². The van der Waals surface area contributed by atoms with E-state index in [1.54, 1.807) is 20.8 Å². The Morgan fingerprint density at radius 2 is 1.95 bits per heavy atom. The summed E-state index contributed by atoms with van der Waals surface area (Å²) in [5, 5.41) is 11.4. The first-order valence-electron chi connectivity index (χ1n) is 6.86. The van der Waals surface area contributed by atoms with Crippen LogP contribution in [0.15, 0.2) is 12.1 Å². The molecule has 0 aliphatic heterocycles. The fourth-order valence-corrected chi connectivity index (χ4v) is 1.95. The van der Waals surface area contributed by atoms with Gasteiger partial charge in [0.2, 0.25) is 0 Å². The van der Waals surface area contributed by atoms with Gasteiger partial charge in [0, 0.05) is 25.2 Å². The molecule has 0 aliphatic carbocycles. The maximum absolute atomic E-state index is 13.8. The Hall–Kier alpha value is -2.16. The lowest BCUT2D eigenvalue weighted by molar-refractivity contribution is 0.0751. The number of carbonyl (C=O) groups is 1. The summed E-state index contributed by atoms with van der Waals surface area (Å²) in [7, 11) is 0. The molecule has 1 N–H and O–H groups in total. The topological polar surface area (TPSA) is 56.1 Å². The van der Waals surface area contributed by atoms with Crippen molar-refractivity contribution >= 4 is 11.6 Å². The molecule has 114 valence electrons. The standard InChI is InChI=1S/C15H19F2N3O/c1-4-19-14-12(16)6-11(7-13(14)17)15(21)20(5-2)9-10(3)8-18/h6-7,10,19H,4-5,9H2,1-3H3. The molecular formula is C15H19F2N3O.